The number of ether oxygens (including phenoxy) is 1. The van der Waals surface area contributed by atoms with Gasteiger partial charge in [-0.25, -0.2) is 9.18 Å². The maximum Gasteiger partial charge on any atom is 0.337 e. The van der Waals surface area contributed by atoms with E-state index in [9.17, 15) is 9.18 Å². The minimum absolute atomic E-state index is 0.257. The number of esters is 1. The van der Waals surface area contributed by atoms with Gasteiger partial charge in [0.1, 0.15) is 17.5 Å². The van der Waals surface area contributed by atoms with E-state index in [2.05, 4.69) is 20.5 Å². The molecule has 152 valence electrons. The van der Waals surface area contributed by atoms with Crippen LogP contribution < -0.4 is 5.32 Å². The number of hydrogen-bond donors (Lipinski definition) is 1. The molecule has 0 saturated carbocycles. The first-order chi connectivity index (χ1) is 14.0. The van der Waals surface area contributed by atoms with Crippen molar-refractivity contribution in [2.45, 2.75) is 39.9 Å². The van der Waals surface area contributed by atoms with Crippen molar-refractivity contribution in [2.75, 3.05) is 7.11 Å². The molecule has 1 N–H and O–H groups in total. The van der Waals surface area contributed by atoms with Crippen molar-refractivity contribution in [3.63, 3.8) is 0 Å². The molecule has 0 aliphatic rings. The molecule has 0 radical (unpaired) electrons. The van der Waals surface area contributed by atoms with Crippen LogP contribution in [-0.4, -0.2) is 32.8 Å². The third-order valence-corrected chi connectivity index (χ3v) is 4.49. The van der Waals surface area contributed by atoms with E-state index in [1.807, 2.05) is 18.4 Å². The highest BCUT2D eigenvalue weighted by atomic mass is 19.1. The number of nitrogens with one attached hydrogen (secondary N) is 1. The van der Waals surface area contributed by atoms with Gasteiger partial charge in [0.2, 0.25) is 0 Å². The van der Waals surface area contributed by atoms with E-state index in [0.717, 1.165) is 35.0 Å². The first kappa shape index (κ1) is 20.6. The van der Waals surface area contributed by atoms with E-state index in [4.69, 9.17) is 4.74 Å². The second-order valence-corrected chi connectivity index (χ2v) is 6.68. The van der Waals surface area contributed by atoms with Gasteiger partial charge in [-0.2, -0.15) is 0 Å². The van der Waals surface area contributed by atoms with E-state index in [1.54, 1.807) is 24.3 Å². The summed E-state index contributed by atoms with van der Waals surface area (Å²) in [4.78, 5) is 16.2. The SMILES string of the molecule is CCc1nnc(CNCc2cc(C(=O)OC)cc(C)n2)n1Cc1ccc(F)cc1. The van der Waals surface area contributed by atoms with Crippen molar-refractivity contribution in [3.05, 3.63) is 76.4 Å². The van der Waals surface area contributed by atoms with Crippen molar-refractivity contribution in [1.82, 2.24) is 25.1 Å². The van der Waals surface area contributed by atoms with Crippen LogP contribution >= 0.6 is 0 Å². The second kappa shape index (κ2) is 9.38. The molecule has 0 aliphatic carbocycles. The number of carbonyl (C=O) groups excluding carboxylic acids is 1. The largest absolute Gasteiger partial charge is 0.465 e. The molecular weight excluding hydrogens is 373 g/mol. The Morgan fingerprint density at radius 1 is 1.14 bits per heavy atom. The summed E-state index contributed by atoms with van der Waals surface area (Å²) in [5, 5.41) is 11.9. The Bertz CT molecular complexity index is 985. The van der Waals surface area contributed by atoms with E-state index < -0.39 is 0 Å². The molecule has 0 spiro atoms. The quantitative estimate of drug-likeness (QED) is 0.589. The lowest BCUT2D eigenvalue weighted by atomic mass is 10.2. The van der Waals surface area contributed by atoms with Crippen molar-refractivity contribution in [2.24, 2.45) is 0 Å². The number of hydrogen-bond acceptors (Lipinski definition) is 6. The number of methoxy groups -OCH3 is 1. The molecule has 0 aliphatic heterocycles. The van der Waals surface area contributed by atoms with Crippen molar-refractivity contribution in [1.29, 1.82) is 0 Å². The van der Waals surface area contributed by atoms with E-state index in [0.29, 0.717) is 25.2 Å². The monoisotopic (exact) mass is 397 g/mol. The van der Waals surface area contributed by atoms with Crippen LogP contribution in [0.4, 0.5) is 4.39 Å². The van der Waals surface area contributed by atoms with Gasteiger partial charge in [-0.15, -0.1) is 10.2 Å². The van der Waals surface area contributed by atoms with Crippen LogP contribution in [0.15, 0.2) is 36.4 Å². The number of nitrogens with zero attached hydrogens (tertiary/aromatic N) is 4. The maximum atomic E-state index is 13.2. The van der Waals surface area contributed by atoms with Gasteiger partial charge in [-0.1, -0.05) is 19.1 Å². The molecule has 1 aromatic carbocycles. The zero-order valence-corrected chi connectivity index (χ0v) is 16.8. The van der Waals surface area contributed by atoms with Gasteiger partial charge in [-0.3, -0.25) is 4.98 Å². The Labute approximate surface area is 169 Å². The van der Waals surface area contributed by atoms with Crippen molar-refractivity contribution >= 4 is 5.97 Å². The third-order valence-electron chi connectivity index (χ3n) is 4.49. The average Bonchev–Trinajstić information content (AvgIpc) is 3.10. The Balaban J connectivity index is 1.70. The summed E-state index contributed by atoms with van der Waals surface area (Å²) in [6.07, 6.45) is 0.746. The molecule has 0 saturated heterocycles. The lowest BCUT2D eigenvalue weighted by molar-refractivity contribution is 0.0600. The van der Waals surface area contributed by atoms with Crippen LogP contribution in [-0.2, 0) is 30.8 Å². The van der Waals surface area contributed by atoms with Gasteiger partial charge in [0.05, 0.1) is 31.5 Å². The van der Waals surface area contributed by atoms with Gasteiger partial charge >= 0.3 is 5.97 Å². The summed E-state index contributed by atoms with van der Waals surface area (Å²) in [7, 11) is 1.36. The fourth-order valence-corrected chi connectivity index (χ4v) is 3.09. The standard InChI is InChI=1S/C21H24FN5O2/c1-4-19-25-26-20(27(19)13-15-5-7-17(22)8-6-15)12-23-11-18-10-16(21(28)29-3)9-14(2)24-18/h5-10,23H,4,11-13H2,1-3H3. The minimum atomic E-state index is -0.386. The molecule has 8 heteroatoms. The summed E-state index contributed by atoms with van der Waals surface area (Å²) in [6, 6.07) is 9.83. The number of pyridine rings is 1. The minimum Gasteiger partial charge on any atom is -0.465 e. The van der Waals surface area contributed by atoms with Crippen LogP contribution in [0.25, 0.3) is 0 Å². The Kier molecular flexibility index (Phi) is 6.66. The first-order valence-corrected chi connectivity index (χ1v) is 9.42. The molecule has 0 bridgehead atoms. The fraction of sp³-hybridized carbons (Fsp3) is 0.333. The zero-order chi connectivity index (χ0) is 20.8. The van der Waals surface area contributed by atoms with Gasteiger partial charge < -0.3 is 14.6 Å². The van der Waals surface area contributed by atoms with E-state index in [-0.39, 0.29) is 11.8 Å². The van der Waals surface area contributed by atoms with Crippen molar-refractivity contribution in [3.8, 4) is 0 Å². The number of halogens is 1. The molecule has 29 heavy (non-hydrogen) atoms. The third kappa shape index (κ3) is 5.23. The average molecular weight is 397 g/mol. The molecule has 7 nitrogen and oxygen atoms in total. The summed E-state index contributed by atoms with van der Waals surface area (Å²) in [5.41, 5.74) is 2.94. The zero-order valence-electron chi connectivity index (χ0n) is 16.8. The van der Waals surface area contributed by atoms with Crippen LogP contribution in [0.3, 0.4) is 0 Å². The Hall–Kier alpha value is -3.13. The van der Waals surface area contributed by atoms with Crippen LogP contribution in [0.5, 0.6) is 0 Å². The van der Waals surface area contributed by atoms with Gasteiger partial charge in [0.15, 0.2) is 0 Å². The van der Waals surface area contributed by atoms with Gasteiger partial charge in [-0.05, 0) is 36.8 Å². The molecular formula is C21H24FN5O2. The molecule has 0 atom stereocenters. The van der Waals surface area contributed by atoms with Crippen LogP contribution in [0.2, 0.25) is 0 Å². The number of aromatic nitrogens is 4. The highest BCUT2D eigenvalue weighted by Crippen LogP contribution is 2.11. The highest BCUT2D eigenvalue weighted by molar-refractivity contribution is 5.89. The number of carbonyl (C=O) groups is 1. The predicted octanol–water partition coefficient (Wildman–Crippen LogP) is 2.81. The normalized spacial score (nSPS) is 10.9. The molecule has 0 amide bonds. The summed E-state index contributed by atoms with van der Waals surface area (Å²) in [5.74, 6) is 1.01. The molecule has 3 aromatic rings. The highest BCUT2D eigenvalue weighted by Gasteiger charge is 2.12. The predicted molar refractivity (Wildman–Crippen MR) is 106 cm³/mol. The summed E-state index contributed by atoms with van der Waals surface area (Å²) < 4.78 is 20.0. The smallest absolute Gasteiger partial charge is 0.337 e. The van der Waals surface area contributed by atoms with Crippen LogP contribution in [0, 0.1) is 12.7 Å². The Morgan fingerprint density at radius 2 is 1.86 bits per heavy atom. The summed E-state index contributed by atoms with van der Waals surface area (Å²) in [6.45, 7) is 5.38. The lowest BCUT2D eigenvalue weighted by Crippen LogP contribution is -2.19. The number of aryl methyl sites for hydroxylation is 2. The maximum absolute atomic E-state index is 13.2. The van der Waals surface area contributed by atoms with E-state index in [1.165, 1.54) is 19.2 Å². The molecule has 0 unspecified atom stereocenters. The van der Waals surface area contributed by atoms with Gasteiger partial charge in [0, 0.05) is 18.7 Å². The van der Waals surface area contributed by atoms with Gasteiger partial charge in [0.25, 0.3) is 0 Å². The number of benzene rings is 1. The summed E-state index contributed by atoms with van der Waals surface area (Å²) >= 11 is 0. The first-order valence-electron chi connectivity index (χ1n) is 9.42. The molecule has 3 rings (SSSR count). The molecule has 0 fully saturated rings. The topological polar surface area (TPSA) is 81.9 Å². The second-order valence-electron chi connectivity index (χ2n) is 6.68. The van der Waals surface area contributed by atoms with Crippen molar-refractivity contribution < 1.29 is 13.9 Å². The molecule has 2 heterocycles. The molecule has 2 aromatic heterocycles. The Morgan fingerprint density at radius 3 is 2.55 bits per heavy atom. The fourth-order valence-electron chi connectivity index (χ4n) is 3.09. The van der Waals surface area contributed by atoms with Crippen LogP contribution in [0.1, 0.15) is 45.9 Å². The lowest BCUT2D eigenvalue weighted by Gasteiger charge is -2.11. The number of rotatable bonds is 8. The van der Waals surface area contributed by atoms with E-state index >= 15 is 0 Å².